The molecule has 0 bridgehead atoms. The van der Waals surface area contributed by atoms with Crippen molar-refractivity contribution in [2.24, 2.45) is 0 Å². The number of rotatable bonds is 2. The first-order chi connectivity index (χ1) is 10.2. The largest absolute Gasteiger partial charge is 0.370 e. The summed E-state index contributed by atoms with van der Waals surface area (Å²) < 4.78 is 6.10. The van der Waals surface area contributed by atoms with Gasteiger partial charge in [0.15, 0.2) is 0 Å². The summed E-state index contributed by atoms with van der Waals surface area (Å²) in [5.74, 6) is 0.155. The predicted octanol–water partition coefficient (Wildman–Crippen LogP) is 1.29. The van der Waals surface area contributed by atoms with Gasteiger partial charge in [0.1, 0.15) is 0 Å². The molecule has 2 aliphatic rings. The molecule has 1 unspecified atom stereocenters. The van der Waals surface area contributed by atoms with Crippen molar-refractivity contribution in [3.63, 3.8) is 0 Å². The minimum Gasteiger partial charge on any atom is -0.370 e. The van der Waals surface area contributed by atoms with Gasteiger partial charge in [-0.15, -0.1) is 0 Å². The second kappa shape index (κ2) is 6.12. The summed E-state index contributed by atoms with van der Waals surface area (Å²) in [6.07, 6.45) is 5.79. The van der Waals surface area contributed by atoms with Crippen LogP contribution in [0.3, 0.4) is 0 Å². The van der Waals surface area contributed by atoms with Crippen molar-refractivity contribution in [2.45, 2.75) is 31.9 Å². The number of pyridine rings is 1. The standard InChI is InChI=1S/C16H23N3O2/c1-14(20)19-7-3-5-16(13-19)12-18(8-9-21-16)11-15-4-2-6-17-10-15/h2,4,6,10H,3,5,7-9,11-13H2,1H3. The van der Waals surface area contributed by atoms with E-state index in [2.05, 4.69) is 16.0 Å². The Morgan fingerprint density at radius 3 is 3.10 bits per heavy atom. The lowest BCUT2D eigenvalue weighted by Gasteiger charge is -2.48. The van der Waals surface area contributed by atoms with Gasteiger partial charge in [-0.05, 0) is 24.5 Å². The Labute approximate surface area is 125 Å². The fraction of sp³-hybridized carbons (Fsp3) is 0.625. The van der Waals surface area contributed by atoms with Crippen molar-refractivity contribution in [1.82, 2.24) is 14.8 Å². The molecule has 0 saturated carbocycles. The van der Waals surface area contributed by atoms with Crippen LogP contribution in [0.25, 0.3) is 0 Å². The van der Waals surface area contributed by atoms with Crippen molar-refractivity contribution in [2.75, 3.05) is 32.8 Å². The Kier molecular flexibility index (Phi) is 4.22. The van der Waals surface area contributed by atoms with E-state index < -0.39 is 0 Å². The average Bonchev–Trinajstić information content (AvgIpc) is 2.48. The minimum atomic E-state index is -0.176. The number of ether oxygens (including phenoxy) is 1. The van der Waals surface area contributed by atoms with Crippen LogP contribution in [-0.4, -0.2) is 59.1 Å². The highest BCUT2D eigenvalue weighted by atomic mass is 16.5. The third kappa shape index (κ3) is 3.41. The van der Waals surface area contributed by atoms with Gasteiger partial charge in [0.05, 0.1) is 18.8 Å². The summed E-state index contributed by atoms with van der Waals surface area (Å²) in [4.78, 5) is 20.2. The molecule has 0 aliphatic carbocycles. The van der Waals surface area contributed by atoms with Crippen LogP contribution in [0.5, 0.6) is 0 Å². The molecule has 0 aromatic carbocycles. The summed E-state index contributed by atoms with van der Waals surface area (Å²) in [6, 6.07) is 4.08. The van der Waals surface area contributed by atoms with Gasteiger partial charge in [0.25, 0.3) is 0 Å². The summed E-state index contributed by atoms with van der Waals surface area (Å²) >= 11 is 0. The Morgan fingerprint density at radius 1 is 1.43 bits per heavy atom. The van der Waals surface area contributed by atoms with Crippen LogP contribution in [0, 0.1) is 0 Å². The van der Waals surface area contributed by atoms with Crippen LogP contribution in [0.1, 0.15) is 25.3 Å². The SMILES string of the molecule is CC(=O)N1CCCC2(CN(Cc3cccnc3)CCO2)C1. The van der Waals surface area contributed by atoms with Crippen LogP contribution in [0.2, 0.25) is 0 Å². The van der Waals surface area contributed by atoms with Crippen LogP contribution < -0.4 is 0 Å². The van der Waals surface area contributed by atoms with Crippen LogP contribution in [0.4, 0.5) is 0 Å². The molecule has 1 aromatic rings. The maximum Gasteiger partial charge on any atom is 0.219 e. The number of likely N-dealkylation sites (tertiary alicyclic amines) is 1. The molecule has 3 rings (SSSR count). The van der Waals surface area contributed by atoms with Crippen LogP contribution in [0.15, 0.2) is 24.5 Å². The first-order valence-electron chi connectivity index (χ1n) is 7.68. The van der Waals surface area contributed by atoms with Crippen LogP contribution >= 0.6 is 0 Å². The molecule has 5 nitrogen and oxygen atoms in total. The third-order valence-corrected chi connectivity index (χ3v) is 4.44. The summed E-state index contributed by atoms with van der Waals surface area (Å²) in [5.41, 5.74) is 1.05. The highest BCUT2D eigenvalue weighted by molar-refractivity contribution is 5.73. The maximum atomic E-state index is 11.6. The molecule has 2 fully saturated rings. The molecule has 1 atom stereocenters. The zero-order valence-corrected chi connectivity index (χ0v) is 12.6. The number of amides is 1. The van der Waals surface area contributed by atoms with E-state index in [0.717, 1.165) is 52.2 Å². The third-order valence-electron chi connectivity index (χ3n) is 4.44. The lowest BCUT2D eigenvalue weighted by molar-refractivity contribution is -0.156. The fourth-order valence-corrected chi connectivity index (χ4v) is 3.42. The molecule has 2 saturated heterocycles. The second-order valence-electron chi connectivity index (χ2n) is 6.15. The summed E-state index contributed by atoms with van der Waals surface area (Å²) in [5, 5.41) is 0. The molecule has 1 spiro atoms. The lowest BCUT2D eigenvalue weighted by Crippen LogP contribution is -2.60. The zero-order chi connectivity index (χ0) is 14.7. The Hall–Kier alpha value is -1.46. The molecular formula is C16H23N3O2. The molecular weight excluding hydrogens is 266 g/mol. The number of morpholine rings is 1. The van der Waals surface area contributed by atoms with Gasteiger partial charge in [-0.25, -0.2) is 0 Å². The Balaban J connectivity index is 1.66. The van der Waals surface area contributed by atoms with E-state index in [1.807, 2.05) is 17.2 Å². The Bertz CT molecular complexity index is 490. The van der Waals surface area contributed by atoms with E-state index in [1.54, 1.807) is 13.1 Å². The van der Waals surface area contributed by atoms with Gasteiger partial charge in [-0.3, -0.25) is 14.7 Å². The number of piperidine rings is 1. The first-order valence-corrected chi connectivity index (χ1v) is 7.68. The normalized spacial score (nSPS) is 27.0. The number of carbonyl (C=O) groups is 1. The number of hydrogen-bond acceptors (Lipinski definition) is 4. The molecule has 5 heteroatoms. The average molecular weight is 289 g/mol. The molecule has 1 amide bonds. The summed E-state index contributed by atoms with van der Waals surface area (Å²) in [7, 11) is 0. The van der Waals surface area contributed by atoms with Crippen LogP contribution in [-0.2, 0) is 16.1 Å². The topological polar surface area (TPSA) is 45.7 Å². The predicted molar refractivity (Wildman–Crippen MR) is 79.7 cm³/mol. The smallest absolute Gasteiger partial charge is 0.219 e. The molecule has 0 N–H and O–H groups in total. The first kappa shape index (κ1) is 14.5. The van der Waals surface area contributed by atoms with Gasteiger partial charge in [0, 0.05) is 45.5 Å². The summed E-state index contributed by atoms with van der Waals surface area (Å²) in [6.45, 7) is 6.72. The van der Waals surface area contributed by atoms with E-state index in [4.69, 9.17) is 4.74 Å². The minimum absolute atomic E-state index is 0.155. The number of hydrogen-bond donors (Lipinski definition) is 0. The maximum absolute atomic E-state index is 11.6. The van der Waals surface area contributed by atoms with E-state index >= 15 is 0 Å². The van der Waals surface area contributed by atoms with Gasteiger partial charge < -0.3 is 9.64 Å². The molecule has 2 aliphatic heterocycles. The monoisotopic (exact) mass is 289 g/mol. The van der Waals surface area contributed by atoms with Crippen molar-refractivity contribution in [1.29, 1.82) is 0 Å². The van der Waals surface area contributed by atoms with Gasteiger partial charge in [0.2, 0.25) is 5.91 Å². The lowest BCUT2D eigenvalue weighted by atomic mass is 9.90. The zero-order valence-electron chi connectivity index (χ0n) is 12.6. The van der Waals surface area contributed by atoms with Gasteiger partial charge >= 0.3 is 0 Å². The van der Waals surface area contributed by atoms with E-state index in [-0.39, 0.29) is 11.5 Å². The van der Waals surface area contributed by atoms with Crippen molar-refractivity contribution >= 4 is 5.91 Å². The number of aromatic nitrogens is 1. The second-order valence-corrected chi connectivity index (χ2v) is 6.15. The van der Waals surface area contributed by atoms with E-state index in [9.17, 15) is 4.79 Å². The van der Waals surface area contributed by atoms with E-state index in [0.29, 0.717) is 0 Å². The number of nitrogens with zero attached hydrogens (tertiary/aromatic N) is 3. The van der Waals surface area contributed by atoms with Crippen molar-refractivity contribution in [3.05, 3.63) is 30.1 Å². The molecule has 0 radical (unpaired) electrons. The van der Waals surface area contributed by atoms with Gasteiger partial charge in [-0.2, -0.15) is 0 Å². The van der Waals surface area contributed by atoms with Crippen molar-refractivity contribution in [3.8, 4) is 0 Å². The quantitative estimate of drug-likeness (QED) is 0.823. The Morgan fingerprint density at radius 2 is 2.33 bits per heavy atom. The highest BCUT2D eigenvalue weighted by Gasteiger charge is 2.41. The van der Waals surface area contributed by atoms with Gasteiger partial charge in [-0.1, -0.05) is 6.07 Å². The van der Waals surface area contributed by atoms with E-state index in [1.165, 1.54) is 5.56 Å². The molecule has 114 valence electrons. The molecule has 1 aromatic heterocycles. The van der Waals surface area contributed by atoms with Crippen molar-refractivity contribution < 1.29 is 9.53 Å². The molecule has 21 heavy (non-hydrogen) atoms. The molecule has 3 heterocycles. The fourth-order valence-electron chi connectivity index (χ4n) is 3.42. The number of carbonyl (C=O) groups excluding carboxylic acids is 1. The highest BCUT2D eigenvalue weighted by Crippen LogP contribution is 2.29.